The number of fused-ring (bicyclic) bond motifs is 2. The molecule has 1 amide bonds. The fourth-order valence-electron chi connectivity index (χ4n) is 4.04. The van der Waals surface area contributed by atoms with Crippen LogP contribution in [0.15, 0.2) is 24.3 Å². The molecule has 3 heteroatoms. The molecule has 2 unspecified atom stereocenters. The molecule has 3 rings (SSSR count). The minimum absolute atomic E-state index is 0.0725. The van der Waals surface area contributed by atoms with E-state index in [1.807, 2.05) is 0 Å². The molecule has 2 atom stereocenters. The molecule has 0 bridgehead atoms. The van der Waals surface area contributed by atoms with Gasteiger partial charge in [-0.2, -0.15) is 0 Å². The zero-order chi connectivity index (χ0) is 14.0. The summed E-state index contributed by atoms with van der Waals surface area (Å²) in [6.07, 6.45) is 5.99. The van der Waals surface area contributed by atoms with Gasteiger partial charge >= 0.3 is 0 Å². The Balaban J connectivity index is 1.97. The Morgan fingerprint density at radius 3 is 2.95 bits per heavy atom. The highest BCUT2D eigenvalue weighted by molar-refractivity contribution is 5.73. The van der Waals surface area contributed by atoms with Crippen molar-refractivity contribution in [3.8, 4) is 0 Å². The minimum atomic E-state index is 0.0725. The van der Waals surface area contributed by atoms with Crippen LogP contribution in [0, 0.1) is 0 Å². The topological polar surface area (TPSA) is 41.1 Å². The summed E-state index contributed by atoms with van der Waals surface area (Å²) in [4.78, 5) is 11.4. The quantitative estimate of drug-likeness (QED) is 0.825. The van der Waals surface area contributed by atoms with Crippen LogP contribution in [0.4, 0.5) is 0 Å². The van der Waals surface area contributed by atoms with Crippen molar-refractivity contribution in [2.75, 3.05) is 13.1 Å². The first-order valence-corrected chi connectivity index (χ1v) is 7.78. The Labute approximate surface area is 121 Å². The van der Waals surface area contributed by atoms with E-state index in [-0.39, 0.29) is 11.9 Å². The van der Waals surface area contributed by atoms with Gasteiger partial charge in [0.1, 0.15) is 0 Å². The first-order valence-electron chi connectivity index (χ1n) is 7.78. The number of amides is 1. The fraction of sp³-hybridized carbons (Fsp3) is 0.588. The highest BCUT2D eigenvalue weighted by atomic mass is 16.1. The van der Waals surface area contributed by atoms with Crippen molar-refractivity contribution in [1.29, 1.82) is 0 Å². The highest BCUT2D eigenvalue weighted by Gasteiger charge is 2.39. The Kier molecular flexibility index (Phi) is 3.79. The summed E-state index contributed by atoms with van der Waals surface area (Å²) < 4.78 is 0. The molecule has 1 spiro atoms. The van der Waals surface area contributed by atoms with Crippen LogP contribution in [0.25, 0.3) is 0 Å². The zero-order valence-corrected chi connectivity index (χ0v) is 12.2. The molecule has 2 N–H and O–H groups in total. The lowest BCUT2D eigenvalue weighted by Gasteiger charge is -2.42. The van der Waals surface area contributed by atoms with Crippen LogP contribution >= 0.6 is 0 Å². The molecule has 1 heterocycles. The number of carbonyl (C=O) groups excluding carboxylic acids is 1. The van der Waals surface area contributed by atoms with Crippen LogP contribution in [-0.4, -0.2) is 19.0 Å². The lowest BCUT2D eigenvalue weighted by Crippen LogP contribution is -2.38. The van der Waals surface area contributed by atoms with E-state index in [0.717, 1.165) is 19.5 Å². The van der Waals surface area contributed by atoms with Gasteiger partial charge < -0.3 is 10.6 Å². The second-order valence-electron chi connectivity index (χ2n) is 6.26. The van der Waals surface area contributed by atoms with Crippen molar-refractivity contribution < 1.29 is 4.79 Å². The summed E-state index contributed by atoms with van der Waals surface area (Å²) in [5.74, 6) is 0.0725. The van der Waals surface area contributed by atoms with E-state index in [9.17, 15) is 4.79 Å². The number of hydrogen-bond donors (Lipinski definition) is 2. The van der Waals surface area contributed by atoms with Gasteiger partial charge in [-0.1, -0.05) is 24.3 Å². The van der Waals surface area contributed by atoms with E-state index in [1.54, 1.807) is 6.92 Å². The van der Waals surface area contributed by atoms with Crippen LogP contribution in [0.5, 0.6) is 0 Å². The number of benzene rings is 1. The standard InChI is InChI=1S/C17H24N2O/c1-13(20)19-16-7-9-17(8-4-11-18-12-10-17)15-6-3-2-5-14(15)16/h2-3,5-6,16,18H,4,7-12H2,1H3,(H,19,20). The average molecular weight is 272 g/mol. The fourth-order valence-corrected chi connectivity index (χ4v) is 4.04. The van der Waals surface area contributed by atoms with E-state index in [2.05, 4.69) is 34.9 Å². The van der Waals surface area contributed by atoms with Crippen molar-refractivity contribution in [2.24, 2.45) is 0 Å². The van der Waals surface area contributed by atoms with Crippen molar-refractivity contribution in [3.05, 3.63) is 35.4 Å². The molecule has 0 aromatic heterocycles. The first kappa shape index (κ1) is 13.6. The number of hydrogen-bond acceptors (Lipinski definition) is 2. The summed E-state index contributed by atoms with van der Waals surface area (Å²) in [6.45, 7) is 3.86. The maximum Gasteiger partial charge on any atom is 0.217 e. The third-order valence-corrected chi connectivity index (χ3v) is 4.99. The number of rotatable bonds is 1. The van der Waals surface area contributed by atoms with Gasteiger partial charge in [0.15, 0.2) is 0 Å². The lowest BCUT2D eigenvalue weighted by molar-refractivity contribution is -0.119. The van der Waals surface area contributed by atoms with Gasteiger partial charge in [-0.3, -0.25) is 4.79 Å². The zero-order valence-electron chi connectivity index (χ0n) is 12.2. The molecule has 1 saturated heterocycles. The van der Waals surface area contributed by atoms with Crippen LogP contribution in [0.3, 0.4) is 0 Å². The molecule has 0 radical (unpaired) electrons. The smallest absolute Gasteiger partial charge is 0.217 e. The largest absolute Gasteiger partial charge is 0.350 e. The van der Waals surface area contributed by atoms with E-state index < -0.39 is 0 Å². The normalized spacial score (nSPS) is 29.6. The molecule has 1 aliphatic heterocycles. The third-order valence-electron chi connectivity index (χ3n) is 4.99. The van der Waals surface area contributed by atoms with E-state index in [1.165, 1.54) is 36.8 Å². The van der Waals surface area contributed by atoms with Crippen LogP contribution in [0.2, 0.25) is 0 Å². The Morgan fingerprint density at radius 2 is 2.10 bits per heavy atom. The molecular weight excluding hydrogens is 248 g/mol. The SMILES string of the molecule is CC(=O)NC1CCC2(CCCNCC2)c2ccccc21. The van der Waals surface area contributed by atoms with Gasteiger partial charge in [0.25, 0.3) is 0 Å². The monoisotopic (exact) mass is 272 g/mol. The number of nitrogens with one attached hydrogen (secondary N) is 2. The molecule has 108 valence electrons. The van der Waals surface area contributed by atoms with Gasteiger partial charge in [0.05, 0.1) is 6.04 Å². The second-order valence-corrected chi connectivity index (χ2v) is 6.26. The highest BCUT2D eigenvalue weighted by Crippen LogP contribution is 2.47. The van der Waals surface area contributed by atoms with E-state index in [0.29, 0.717) is 5.41 Å². The van der Waals surface area contributed by atoms with Crippen LogP contribution < -0.4 is 10.6 Å². The number of carbonyl (C=O) groups is 1. The second kappa shape index (κ2) is 5.57. The summed E-state index contributed by atoms with van der Waals surface area (Å²) in [7, 11) is 0. The molecule has 1 fully saturated rings. The van der Waals surface area contributed by atoms with Crippen molar-refractivity contribution in [1.82, 2.24) is 10.6 Å². The van der Waals surface area contributed by atoms with Gasteiger partial charge in [-0.25, -0.2) is 0 Å². The van der Waals surface area contributed by atoms with Crippen molar-refractivity contribution in [3.63, 3.8) is 0 Å². The van der Waals surface area contributed by atoms with Crippen molar-refractivity contribution in [2.45, 2.75) is 50.5 Å². The molecule has 20 heavy (non-hydrogen) atoms. The van der Waals surface area contributed by atoms with Gasteiger partial charge in [-0.05, 0) is 61.7 Å². The van der Waals surface area contributed by atoms with Crippen molar-refractivity contribution >= 4 is 5.91 Å². The van der Waals surface area contributed by atoms with Crippen LogP contribution in [-0.2, 0) is 10.2 Å². The Hall–Kier alpha value is -1.35. The molecule has 1 aliphatic carbocycles. The Morgan fingerprint density at radius 1 is 1.25 bits per heavy atom. The minimum Gasteiger partial charge on any atom is -0.350 e. The molecule has 1 aromatic carbocycles. The molecular formula is C17H24N2O. The maximum atomic E-state index is 11.4. The average Bonchev–Trinajstić information content (AvgIpc) is 2.69. The molecule has 1 aromatic rings. The predicted molar refractivity (Wildman–Crippen MR) is 80.6 cm³/mol. The Bertz CT molecular complexity index is 490. The lowest BCUT2D eigenvalue weighted by atomic mass is 9.65. The first-order chi connectivity index (χ1) is 9.71. The van der Waals surface area contributed by atoms with E-state index >= 15 is 0 Å². The summed E-state index contributed by atoms with van der Waals surface area (Å²) in [5.41, 5.74) is 3.15. The maximum absolute atomic E-state index is 11.4. The van der Waals surface area contributed by atoms with E-state index in [4.69, 9.17) is 0 Å². The predicted octanol–water partition coefficient (Wildman–Crippen LogP) is 2.67. The molecule has 3 nitrogen and oxygen atoms in total. The van der Waals surface area contributed by atoms with Gasteiger partial charge in [-0.15, -0.1) is 0 Å². The molecule has 0 saturated carbocycles. The molecule has 2 aliphatic rings. The summed E-state index contributed by atoms with van der Waals surface area (Å²) in [6, 6.07) is 8.94. The van der Waals surface area contributed by atoms with Crippen LogP contribution in [0.1, 0.15) is 56.2 Å². The summed E-state index contributed by atoms with van der Waals surface area (Å²) >= 11 is 0. The van der Waals surface area contributed by atoms with Gasteiger partial charge in [0.2, 0.25) is 5.91 Å². The summed E-state index contributed by atoms with van der Waals surface area (Å²) in [5, 5.41) is 6.64. The van der Waals surface area contributed by atoms with Gasteiger partial charge in [0, 0.05) is 6.92 Å². The third kappa shape index (κ3) is 2.47.